The molecule has 0 radical (unpaired) electrons. The molecule has 0 saturated carbocycles. The predicted octanol–water partition coefficient (Wildman–Crippen LogP) is 4.08. The third-order valence-electron chi connectivity index (χ3n) is 4.76. The summed E-state index contributed by atoms with van der Waals surface area (Å²) in [6, 6.07) is 17.1. The number of amides is 1. The summed E-state index contributed by atoms with van der Waals surface area (Å²) in [5.74, 6) is -0.162. The summed E-state index contributed by atoms with van der Waals surface area (Å²) in [7, 11) is 0. The lowest BCUT2D eigenvalue weighted by Crippen LogP contribution is -2.22. The highest BCUT2D eigenvalue weighted by Gasteiger charge is 2.10. The van der Waals surface area contributed by atoms with Gasteiger partial charge in [0.05, 0.1) is 11.7 Å². The zero-order chi connectivity index (χ0) is 20.2. The molecule has 1 N–H and O–H groups in total. The molecule has 6 heteroatoms. The van der Waals surface area contributed by atoms with Crippen molar-refractivity contribution in [3.8, 4) is 11.1 Å². The Morgan fingerprint density at radius 2 is 1.79 bits per heavy atom. The molecule has 2 heterocycles. The Kier molecular flexibility index (Phi) is 5.16. The number of pyridine rings is 1. The largest absolute Gasteiger partial charge is 0.348 e. The van der Waals surface area contributed by atoms with Gasteiger partial charge < -0.3 is 5.32 Å². The van der Waals surface area contributed by atoms with Crippen molar-refractivity contribution in [2.75, 3.05) is 0 Å². The maximum Gasteiger partial charge on any atom is 0.251 e. The van der Waals surface area contributed by atoms with Crippen LogP contribution in [0.1, 0.15) is 34.1 Å². The molecule has 2 aromatic heterocycles. The number of nitrogens with one attached hydrogen (secondary N) is 1. The first kappa shape index (κ1) is 18.6. The Labute approximate surface area is 168 Å². The number of rotatable bonds is 5. The summed E-state index contributed by atoms with van der Waals surface area (Å²) in [6.07, 6.45) is 5.54. The van der Waals surface area contributed by atoms with Crippen LogP contribution in [0.5, 0.6) is 0 Å². The second kappa shape index (κ2) is 8.06. The number of nitrogens with zero attached hydrogens (tertiary/aromatic N) is 3. The average Bonchev–Trinajstić information content (AvgIpc) is 3.21. The van der Waals surface area contributed by atoms with E-state index >= 15 is 0 Å². The number of carbonyl (C=O) groups excluding carboxylic acids is 2. The third kappa shape index (κ3) is 3.91. The molecular formula is C23H20N4O2. The first-order valence-electron chi connectivity index (χ1n) is 9.44. The molecule has 0 unspecified atom stereocenters. The van der Waals surface area contributed by atoms with E-state index in [1.165, 1.54) is 4.68 Å². The van der Waals surface area contributed by atoms with Gasteiger partial charge >= 0.3 is 0 Å². The minimum absolute atomic E-state index is 0.0330. The van der Waals surface area contributed by atoms with Crippen LogP contribution in [0.15, 0.2) is 73.2 Å². The van der Waals surface area contributed by atoms with E-state index in [1.807, 2.05) is 61.5 Å². The van der Waals surface area contributed by atoms with Gasteiger partial charge in [-0.05, 0) is 47.0 Å². The third-order valence-corrected chi connectivity index (χ3v) is 4.76. The molecule has 0 bridgehead atoms. The molecule has 1 amide bonds. The van der Waals surface area contributed by atoms with Crippen molar-refractivity contribution in [3.05, 3.63) is 84.3 Å². The molecule has 29 heavy (non-hydrogen) atoms. The van der Waals surface area contributed by atoms with E-state index in [-0.39, 0.29) is 11.8 Å². The summed E-state index contributed by atoms with van der Waals surface area (Å²) in [5, 5.41) is 7.99. The standard InChI is InChI=1S/C23H20N4O2/c1-2-22(28)27-21-10-9-19(12-20(21)15-26-27)17-5-7-18(8-6-17)23(29)25-14-16-4-3-11-24-13-16/h3-13,15H,2,14H2,1H3,(H,25,29). The fourth-order valence-corrected chi connectivity index (χ4v) is 3.16. The van der Waals surface area contributed by atoms with Crippen molar-refractivity contribution >= 4 is 22.7 Å². The molecule has 0 fully saturated rings. The Bertz CT molecular complexity index is 1160. The zero-order valence-electron chi connectivity index (χ0n) is 16.0. The topological polar surface area (TPSA) is 76.9 Å². The van der Waals surface area contributed by atoms with Crippen LogP contribution in [0.25, 0.3) is 22.0 Å². The fraction of sp³-hybridized carbons (Fsp3) is 0.130. The second-order valence-electron chi connectivity index (χ2n) is 6.70. The second-order valence-corrected chi connectivity index (χ2v) is 6.70. The van der Waals surface area contributed by atoms with E-state index in [1.54, 1.807) is 18.6 Å². The number of benzene rings is 2. The molecule has 0 saturated heterocycles. The molecule has 0 spiro atoms. The maximum absolute atomic E-state index is 12.4. The van der Waals surface area contributed by atoms with Crippen LogP contribution in [-0.2, 0) is 6.54 Å². The number of hydrogen-bond acceptors (Lipinski definition) is 4. The Morgan fingerprint density at radius 3 is 2.52 bits per heavy atom. The van der Waals surface area contributed by atoms with Crippen molar-refractivity contribution in [3.63, 3.8) is 0 Å². The van der Waals surface area contributed by atoms with Crippen LogP contribution >= 0.6 is 0 Å². The van der Waals surface area contributed by atoms with Crippen molar-refractivity contribution < 1.29 is 9.59 Å². The van der Waals surface area contributed by atoms with E-state index in [4.69, 9.17) is 0 Å². The van der Waals surface area contributed by atoms with Crippen LogP contribution in [0.4, 0.5) is 0 Å². The summed E-state index contributed by atoms with van der Waals surface area (Å²) in [4.78, 5) is 28.4. The van der Waals surface area contributed by atoms with Crippen LogP contribution in [0, 0.1) is 0 Å². The number of aromatic nitrogens is 3. The molecule has 4 rings (SSSR count). The lowest BCUT2D eigenvalue weighted by Gasteiger charge is -2.07. The molecule has 0 aliphatic heterocycles. The van der Waals surface area contributed by atoms with Crippen LogP contribution < -0.4 is 5.32 Å². The minimum Gasteiger partial charge on any atom is -0.348 e. The van der Waals surface area contributed by atoms with Gasteiger partial charge in [0, 0.05) is 36.3 Å². The predicted molar refractivity (Wildman–Crippen MR) is 111 cm³/mol. The molecule has 0 atom stereocenters. The first-order valence-corrected chi connectivity index (χ1v) is 9.44. The van der Waals surface area contributed by atoms with Crippen molar-refractivity contribution in [1.29, 1.82) is 0 Å². The average molecular weight is 384 g/mol. The molecule has 6 nitrogen and oxygen atoms in total. The lowest BCUT2D eigenvalue weighted by atomic mass is 10.0. The summed E-state index contributed by atoms with van der Waals surface area (Å²) in [5.41, 5.74) is 4.34. The van der Waals surface area contributed by atoms with Gasteiger partial charge in [-0.15, -0.1) is 0 Å². The molecule has 2 aromatic carbocycles. The maximum atomic E-state index is 12.4. The quantitative estimate of drug-likeness (QED) is 0.562. The highest BCUT2D eigenvalue weighted by molar-refractivity contribution is 5.95. The molecular weight excluding hydrogens is 364 g/mol. The van der Waals surface area contributed by atoms with Crippen LogP contribution in [-0.4, -0.2) is 26.6 Å². The van der Waals surface area contributed by atoms with Gasteiger partial charge in [0.1, 0.15) is 0 Å². The van der Waals surface area contributed by atoms with E-state index in [0.717, 1.165) is 27.6 Å². The van der Waals surface area contributed by atoms with Gasteiger partial charge in [-0.1, -0.05) is 31.2 Å². The van der Waals surface area contributed by atoms with Gasteiger partial charge in [0.15, 0.2) is 0 Å². The van der Waals surface area contributed by atoms with Crippen LogP contribution in [0.2, 0.25) is 0 Å². The van der Waals surface area contributed by atoms with E-state index in [0.29, 0.717) is 18.5 Å². The lowest BCUT2D eigenvalue weighted by molar-refractivity contribution is 0.0897. The van der Waals surface area contributed by atoms with Gasteiger partial charge in [0.2, 0.25) is 5.91 Å². The minimum atomic E-state index is -0.129. The van der Waals surface area contributed by atoms with Crippen molar-refractivity contribution in [2.45, 2.75) is 19.9 Å². The Balaban J connectivity index is 1.50. The van der Waals surface area contributed by atoms with E-state index in [2.05, 4.69) is 15.4 Å². The van der Waals surface area contributed by atoms with Crippen molar-refractivity contribution in [2.24, 2.45) is 0 Å². The zero-order valence-corrected chi connectivity index (χ0v) is 16.0. The van der Waals surface area contributed by atoms with E-state index < -0.39 is 0 Å². The van der Waals surface area contributed by atoms with Gasteiger partial charge in [-0.25, -0.2) is 4.68 Å². The smallest absolute Gasteiger partial charge is 0.251 e. The number of hydrogen-bond donors (Lipinski definition) is 1. The molecule has 0 aliphatic carbocycles. The normalized spacial score (nSPS) is 10.8. The Hall–Kier alpha value is -3.80. The van der Waals surface area contributed by atoms with E-state index in [9.17, 15) is 9.59 Å². The molecule has 4 aromatic rings. The summed E-state index contributed by atoms with van der Waals surface area (Å²) in [6.45, 7) is 2.25. The van der Waals surface area contributed by atoms with Gasteiger partial charge in [-0.3, -0.25) is 14.6 Å². The Morgan fingerprint density at radius 1 is 1.00 bits per heavy atom. The fourth-order valence-electron chi connectivity index (χ4n) is 3.16. The number of fused-ring (bicyclic) bond motifs is 1. The molecule has 144 valence electrons. The summed E-state index contributed by atoms with van der Waals surface area (Å²) < 4.78 is 1.44. The SMILES string of the molecule is CCC(=O)n1ncc2cc(-c3ccc(C(=O)NCc4cccnc4)cc3)ccc21. The van der Waals surface area contributed by atoms with Crippen LogP contribution in [0.3, 0.4) is 0 Å². The van der Waals surface area contributed by atoms with Gasteiger partial charge in [-0.2, -0.15) is 5.10 Å². The number of carbonyl (C=O) groups is 2. The summed E-state index contributed by atoms with van der Waals surface area (Å²) >= 11 is 0. The van der Waals surface area contributed by atoms with Gasteiger partial charge in [0.25, 0.3) is 5.91 Å². The highest BCUT2D eigenvalue weighted by atomic mass is 16.2. The van der Waals surface area contributed by atoms with Crippen molar-refractivity contribution in [1.82, 2.24) is 20.1 Å². The molecule has 0 aliphatic rings. The highest BCUT2D eigenvalue weighted by Crippen LogP contribution is 2.25. The monoisotopic (exact) mass is 384 g/mol. The first-order chi connectivity index (χ1) is 14.2.